The monoisotopic (exact) mass is 455 g/mol. The van der Waals surface area contributed by atoms with Crippen molar-refractivity contribution in [3.63, 3.8) is 0 Å². The lowest BCUT2D eigenvalue weighted by Gasteiger charge is -2.35. The molecule has 0 saturated heterocycles. The van der Waals surface area contributed by atoms with Gasteiger partial charge in [-0.1, -0.05) is 44.9 Å². The second kappa shape index (κ2) is 10.1. The van der Waals surface area contributed by atoms with Gasteiger partial charge in [0.2, 0.25) is 0 Å². The minimum atomic E-state index is -0.764. The van der Waals surface area contributed by atoms with Gasteiger partial charge in [0.05, 0.1) is 0 Å². The number of carbonyl (C=O) groups excluding carboxylic acids is 2. The van der Waals surface area contributed by atoms with Crippen molar-refractivity contribution in [1.82, 2.24) is 10.2 Å². The summed E-state index contributed by atoms with van der Waals surface area (Å²) in [5, 5.41) is 14.6. The van der Waals surface area contributed by atoms with Crippen LogP contribution < -0.4 is 15.8 Å². The van der Waals surface area contributed by atoms with E-state index >= 15 is 0 Å². The van der Waals surface area contributed by atoms with Gasteiger partial charge in [-0.3, -0.25) is 14.5 Å². The van der Waals surface area contributed by atoms with Gasteiger partial charge in [0.1, 0.15) is 11.1 Å². The zero-order valence-electron chi connectivity index (χ0n) is 19.7. The quantitative estimate of drug-likeness (QED) is 0.486. The van der Waals surface area contributed by atoms with E-state index in [0.717, 1.165) is 38.5 Å². The molecule has 2 aliphatic carbocycles. The molecule has 8 heteroatoms. The molecule has 1 aliphatic heterocycles. The number of carbonyl (C=O) groups is 2. The molecule has 0 radical (unpaired) electrons. The molecule has 2 saturated carbocycles. The minimum Gasteiger partial charge on any atom is -0.619 e. The normalized spacial score (nSPS) is 28.6. The van der Waals surface area contributed by atoms with Gasteiger partial charge in [-0.05, 0) is 50.0 Å². The minimum absolute atomic E-state index is 0.0197. The summed E-state index contributed by atoms with van der Waals surface area (Å²) in [5.41, 5.74) is 5.70. The molecule has 2 heterocycles. The van der Waals surface area contributed by atoms with E-state index < -0.39 is 5.54 Å². The molecular weight excluding hydrogens is 418 g/mol. The van der Waals surface area contributed by atoms with Crippen LogP contribution in [0.15, 0.2) is 29.5 Å². The van der Waals surface area contributed by atoms with Crippen molar-refractivity contribution in [2.24, 2.45) is 22.6 Å². The molecule has 2 fully saturated rings. The molecule has 8 nitrogen and oxygen atoms in total. The number of rotatable bonds is 7. The van der Waals surface area contributed by atoms with Gasteiger partial charge in [-0.15, -0.1) is 0 Å². The van der Waals surface area contributed by atoms with Gasteiger partial charge in [0.25, 0.3) is 11.8 Å². The van der Waals surface area contributed by atoms with Crippen LogP contribution in [0.25, 0.3) is 0 Å². The van der Waals surface area contributed by atoms with Crippen LogP contribution in [-0.2, 0) is 4.79 Å². The Labute approximate surface area is 196 Å². The molecule has 1 aromatic heterocycles. The summed E-state index contributed by atoms with van der Waals surface area (Å²) >= 11 is 0. The van der Waals surface area contributed by atoms with Crippen LogP contribution in [-0.4, -0.2) is 41.3 Å². The van der Waals surface area contributed by atoms with Crippen molar-refractivity contribution in [3.05, 3.63) is 35.3 Å². The summed E-state index contributed by atoms with van der Waals surface area (Å²) in [5.74, 6) is 1.09. The number of nitrogens with zero attached hydrogens (tertiary/aromatic N) is 3. The number of aromatic nitrogens is 1. The Morgan fingerprint density at radius 3 is 2.70 bits per heavy atom. The SMILES string of the molecule is CN1C(=O)[C@@](CCC2CCCCC2)(C[C@H]2CCC[C@@H](NC(=O)c3ccc[n+]([O-])c3)C2)N=C1N. The Kier molecular flexibility index (Phi) is 7.20. The third-order valence-corrected chi connectivity index (χ3v) is 7.85. The van der Waals surface area contributed by atoms with Crippen LogP contribution in [0, 0.1) is 17.0 Å². The zero-order valence-corrected chi connectivity index (χ0v) is 19.7. The highest BCUT2D eigenvalue weighted by Crippen LogP contribution is 2.40. The lowest BCUT2D eigenvalue weighted by Crippen LogP contribution is -2.45. The second-order valence-corrected chi connectivity index (χ2v) is 10.3. The van der Waals surface area contributed by atoms with Crippen LogP contribution in [0.4, 0.5) is 0 Å². The number of amides is 2. The first-order chi connectivity index (χ1) is 15.9. The Morgan fingerprint density at radius 2 is 2.00 bits per heavy atom. The van der Waals surface area contributed by atoms with Crippen molar-refractivity contribution in [1.29, 1.82) is 0 Å². The van der Waals surface area contributed by atoms with Crippen LogP contribution in [0.2, 0.25) is 0 Å². The molecular formula is C25H37N5O3. The Balaban J connectivity index is 1.41. The smallest absolute Gasteiger partial charge is 0.257 e. The summed E-state index contributed by atoms with van der Waals surface area (Å²) in [6.07, 6.45) is 15.2. The van der Waals surface area contributed by atoms with E-state index in [2.05, 4.69) is 5.32 Å². The standard InChI is InChI=1S/C25H37N5O3/c1-29-23(32)25(28-24(29)26,13-12-18-7-3-2-4-8-18)16-19-9-5-11-21(15-19)27-22(31)20-10-6-14-30(33)17-20/h6,10,14,17-19,21H,2-5,7-9,11-13,15-16H2,1H3,(H2,26,28)(H,27,31)/t19-,21+,25+/m0/s1. The average molecular weight is 456 g/mol. The summed E-state index contributed by atoms with van der Waals surface area (Å²) < 4.78 is 0.638. The summed E-state index contributed by atoms with van der Waals surface area (Å²) in [4.78, 5) is 32.2. The highest BCUT2D eigenvalue weighted by Gasteiger charge is 2.48. The van der Waals surface area contributed by atoms with E-state index in [1.165, 1.54) is 49.4 Å². The third kappa shape index (κ3) is 5.47. The summed E-state index contributed by atoms with van der Waals surface area (Å²) in [7, 11) is 1.72. The first-order valence-electron chi connectivity index (χ1n) is 12.5. The number of aliphatic imine (C=N–C) groups is 1. The van der Waals surface area contributed by atoms with E-state index in [4.69, 9.17) is 10.7 Å². The highest BCUT2D eigenvalue weighted by molar-refractivity contribution is 6.06. The Bertz CT molecular complexity index is 898. The molecule has 1 aromatic rings. The first kappa shape index (κ1) is 23.5. The predicted octanol–water partition coefficient (Wildman–Crippen LogP) is 2.88. The first-order valence-corrected chi connectivity index (χ1v) is 12.5. The van der Waals surface area contributed by atoms with E-state index in [1.54, 1.807) is 19.2 Å². The second-order valence-electron chi connectivity index (χ2n) is 10.3. The molecule has 2 amide bonds. The van der Waals surface area contributed by atoms with Crippen LogP contribution in [0.1, 0.15) is 87.4 Å². The zero-order chi connectivity index (χ0) is 23.4. The maximum absolute atomic E-state index is 13.3. The highest BCUT2D eigenvalue weighted by atomic mass is 16.5. The Hall–Kier alpha value is -2.64. The molecule has 3 N–H and O–H groups in total. The predicted molar refractivity (Wildman–Crippen MR) is 126 cm³/mol. The van der Waals surface area contributed by atoms with Crippen molar-refractivity contribution in [3.8, 4) is 0 Å². The summed E-state index contributed by atoms with van der Waals surface area (Å²) in [6.45, 7) is 0. The fraction of sp³-hybridized carbons (Fsp3) is 0.680. The number of nitrogens with two attached hydrogens (primary N) is 1. The van der Waals surface area contributed by atoms with Crippen LogP contribution >= 0.6 is 0 Å². The van der Waals surface area contributed by atoms with Crippen LogP contribution in [0.3, 0.4) is 0 Å². The Morgan fingerprint density at radius 1 is 1.24 bits per heavy atom. The maximum Gasteiger partial charge on any atom is 0.257 e. The van der Waals surface area contributed by atoms with E-state index in [1.807, 2.05) is 0 Å². The number of guanidine groups is 1. The van der Waals surface area contributed by atoms with Gasteiger partial charge < -0.3 is 16.3 Å². The lowest BCUT2D eigenvalue weighted by atomic mass is 9.74. The molecule has 0 aromatic carbocycles. The molecule has 33 heavy (non-hydrogen) atoms. The van der Waals surface area contributed by atoms with Crippen molar-refractivity contribution in [2.75, 3.05) is 7.05 Å². The van der Waals surface area contributed by atoms with E-state index in [-0.39, 0.29) is 17.9 Å². The van der Waals surface area contributed by atoms with Crippen molar-refractivity contribution in [2.45, 2.75) is 88.6 Å². The molecule has 0 unspecified atom stereocenters. The van der Waals surface area contributed by atoms with E-state index in [0.29, 0.717) is 34.5 Å². The topological polar surface area (TPSA) is 115 Å². The molecule has 0 bridgehead atoms. The fourth-order valence-electron chi connectivity index (χ4n) is 6.02. The number of hydrogen-bond acceptors (Lipinski definition) is 5. The van der Waals surface area contributed by atoms with Gasteiger partial charge in [-0.25, -0.2) is 4.99 Å². The third-order valence-electron chi connectivity index (χ3n) is 7.85. The molecule has 180 valence electrons. The molecule has 3 atom stereocenters. The summed E-state index contributed by atoms with van der Waals surface area (Å²) in [6, 6.07) is 3.25. The number of hydrogen-bond donors (Lipinski definition) is 2. The van der Waals surface area contributed by atoms with Gasteiger partial charge in [0.15, 0.2) is 18.4 Å². The van der Waals surface area contributed by atoms with Crippen molar-refractivity contribution < 1.29 is 14.3 Å². The van der Waals surface area contributed by atoms with E-state index in [9.17, 15) is 14.8 Å². The average Bonchev–Trinajstić information content (AvgIpc) is 3.02. The number of nitrogens with one attached hydrogen (secondary N) is 1. The maximum atomic E-state index is 13.3. The van der Waals surface area contributed by atoms with Gasteiger partial charge in [0, 0.05) is 19.2 Å². The van der Waals surface area contributed by atoms with Gasteiger partial charge >= 0.3 is 0 Å². The molecule has 4 rings (SSSR count). The van der Waals surface area contributed by atoms with Gasteiger partial charge in [-0.2, -0.15) is 4.73 Å². The number of likely N-dealkylation sites (N-methyl/N-ethyl adjacent to an activating group) is 1. The molecule has 0 spiro atoms. The fourth-order valence-corrected chi connectivity index (χ4v) is 6.02. The lowest BCUT2D eigenvalue weighted by molar-refractivity contribution is -0.605. The largest absolute Gasteiger partial charge is 0.619 e. The number of pyridine rings is 1. The van der Waals surface area contributed by atoms with Crippen LogP contribution in [0.5, 0.6) is 0 Å². The van der Waals surface area contributed by atoms with Crippen molar-refractivity contribution >= 4 is 17.8 Å². The molecule has 3 aliphatic rings.